The molecule has 0 radical (unpaired) electrons. The fourth-order valence-corrected chi connectivity index (χ4v) is 3.45. The molecule has 1 saturated heterocycles. The van der Waals surface area contributed by atoms with Gasteiger partial charge in [-0.3, -0.25) is 14.4 Å². The van der Waals surface area contributed by atoms with Crippen LogP contribution in [0.25, 0.3) is 10.6 Å². The lowest BCUT2D eigenvalue weighted by molar-refractivity contribution is -0.149. The van der Waals surface area contributed by atoms with Gasteiger partial charge in [0.1, 0.15) is 23.5 Å². The molecule has 0 aliphatic carbocycles. The van der Waals surface area contributed by atoms with Crippen LogP contribution in [0.5, 0.6) is 0 Å². The minimum atomic E-state index is -0.976. The van der Waals surface area contributed by atoms with Crippen LogP contribution < -0.4 is 16.6 Å². The summed E-state index contributed by atoms with van der Waals surface area (Å²) in [6.07, 6.45) is 0. The zero-order valence-corrected chi connectivity index (χ0v) is 14.8. The average molecular weight is 361 g/mol. The summed E-state index contributed by atoms with van der Waals surface area (Å²) >= 11 is 1.46. The van der Waals surface area contributed by atoms with E-state index in [1.54, 1.807) is 13.8 Å². The van der Waals surface area contributed by atoms with E-state index in [1.807, 2.05) is 17.5 Å². The largest absolute Gasteiger partial charge is 0.394 e. The van der Waals surface area contributed by atoms with Crippen molar-refractivity contribution >= 4 is 28.8 Å². The monoisotopic (exact) mass is 361 g/mol. The standard InChI is InChI=1S/C16H19N5O3S/c1-16(2)15(24)18-5-6-20(16)13(22)9-21-14(23)10(17)8-11(19-21)12-4-3-7-25-12/h3-4,7-8H,5-6,9,17H2,1-2H3,(H,18,24). The Morgan fingerprint density at radius 3 is 2.88 bits per heavy atom. The lowest BCUT2D eigenvalue weighted by Crippen LogP contribution is -2.64. The first-order valence-electron chi connectivity index (χ1n) is 7.81. The Kier molecular flexibility index (Phi) is 4.34. The topological polar surface area (TPSA) is 110 Å². The molecule has 0 spiro atoms. The van der Waals surface area contributed by atoms with Gasteiger partial charge in [0.05, 0.1) is 4.88 Å². The number of carbonyl (C=O) groups is 2. The van der Waals surface area contributed by atoms with Gasteiger partial charge in [0, 0.05) is 13.1 Å². The second-order valence-corrected chi connectivity index (χ2v) is 7.23. The molecule has 2 amide bonds. The van der Waals surface area contributed by atoms with Gasteiger partial charge in [-0.1, -0.05) is 6.07 Å². The van der Waals surface area contributed by atoms with E-state index < -0.39 is 11.1 Å². The molecule has 0 saturated carbocycles. The third kappa shape index (κ3) is 3.14. The molecule has 132 valence electrons. The first kappa shape index (κ1) is 17.2. The van der Waals surface area contributed by atoms with Crippen molar-refractivity contribution in [2.45, 2.75) is 25.9 Å². The van der Waals surface area contributed by atoms with Crippen molar-refractivity contribution in [2.24, 2.45) is 0 Å². The van der Waals surface area contributed by atoms with Crippen LogP contribution in [0, 0.1) is 0 Å². The van der Waals surface area contributed by atoms with Crippen LogP contribution in [0.4, 0.5) is 5.69 Å². The Morgan fingerprint density at radius 2 is 2.20 bits per heavy atom. The van der Waals surface area contributed by atoms with Crippen molar-refractivity contribution in [2.75, 3.05) is 18.8 Å². The smallest absolute Gasteiger partial charge is 0.290 e. The van der Waals surface area contributed by atoms with Crippen molar-refractivity contribution in [1.29, 1.82) is 0 Å². The molecule has 0 aromatic carbocycles. The van der Waals surface area contributed by atoms with Crippen LogP contribution >= 0.6 is 11.3 Å². The molecule has 3 N–H and O–H groups in total. The highest BCUT2D eigenvalue weighted by Gasteiger charge is 2.40. The molecule has 25 heavy (non-hydrogen) atoms. The van der Waals surface area contributed by atoms with E-state index >= 15 is 0 Å². The van der Waals surface area contributed by atoms with Gasteiger partial charge in [-0.25, -0.2) is 4.68 Å². The summed E-state index contributed by atoms with van der Waals surface area (Å²) in [5.41, 5.74) is 4.87. The minimum Gasteiger partial charge on any atom is -0.394 e. The normalized spacial score (nSPS) is 16.6. The number of carbonyl (C=O) groups excluding carboxylic acids is 2. The molecule has 0 bridgehead atoms. The van der Waals surface area contributed by atoms with E-state index in [-0.39, 0.29) is 24.0 Å². The highest BCUT2D eigenvalue weighted by Crippen LogP contribution is 2.23. The van der Waals surface area contributed by atoms with E-state index in [0.29, 0.717) is 18.8 Å². The summed E-state index contributed by atoms with van der Waals surface area (Å²) in [4.78, 5) is 39.3. The molecule has 2 aromatic heterocycles. The fraction of sp³-hybridized carbons (Fsp3) is 0.375. The van der Waals surface area contributed by atoms with Crippen LogP contribution in [0.3, 0.4) is 0 Å². The first-order chi connectivity index (χ1) is 11.8. The lowest BCUT2D eigenvalue weighted by atomic mass is 9.99. The maximum atomic E-state index is 12.7. The number of piperazine rings is 1. The summed E-state index contributed by atoms with van der Waals surface area (Å²) in [6, 6.07) is 5.24. The van der Waals surface area contributed by atoms with Gasteiger partial charge in [0.15, 0.2) is 0 Å². The SMILES string of the molecule is CC1(C)C(=O)NCCN1C(=O)Cn1nc(-c2cccs2)cc(N)c1=O. The predicted octanol–water partition coefficient (Wildman–Crippen LogP) is 0.291. The highest BCUT2D eigenvalue weighted by molar-refractivity contribution is 7.13. The van der Waals surface area contributed by atoms with Crippen LogP contribution in [-0.2, 0) is 16.1 Å². The van der Waals surface area contributed by atoms with Gasteiger partial charge in [0.2, 0.25) is 11.8 Å². The summed E-state index contributed by atoms with van der Waals surface area (Å²) in [7, 11) is 0. The van der Waals surface area contributed by atoms with E-state index in [4.69, 9.17) is 5.73 Å². The molecule has 0 atom stereocenters. The third-order valence-corrected chi connectivity index (χ3v) is 5.11. The van der Waals surface area contributed by atoms with Crippen molar-refractivity contribution in [1.82, 2.24) is 20.0 Å². The molecular weight excluding hydrogens is 342 g/mol. The van der Waals surface area contributed by atoms with Gasteiger partial charge < -0.3 is 16.0 Å². The number of rotatable bonds is 3. The Labute approximate surface area is 148 Å². The number of amides is 2. The summed E-state index contributed by atoms with van der Waals surface area (Å²) in [5, 5.41) is 8.89. The van der Waals surface area contributed by atoms with E-state index in [1.165, 1.54) is 22.3 Å². The lowest BCUT2D eigenvalue weighted by Gasteiger charge is -2.41. The molecule has 3 heterocycles. The second kappa shape index (κ2) is 6.32. The zero-order valence-electron chi connectivity index (χ0n) is 14.0. The van der Waals surface area contributed by atoms with Gasteiger partial charge in [-0.05, 0) is 31.4 Å². The van der Waals surface area contributed by atoms with E-state index in [9.17, 15) is 14.4 Å². The van der Waals surface area contributed by atoms with Crippen molar-refractivity contribution in [3.63, 3.8) is 0 Å². The molecule has 1 aliphatic rings. The summed E-state index contributed by atoms with van der Waals surface area (Å²) < 4.78 is 1.06. The number of thiophene rings is 1. The van der Waals surface area contributed by atoms with Crippen LogP contribution in [-0.4, -0.2) is 45.1 Å². The Hall–Kier alpha value is -2.68. The maximum absolute atomic E-state index is 12.7. The number of hydrogen-bond donors (Lipinski definition) is 2. The van der Waals surface area contributed by atoms with Gasteiger partial charge in [-0.2, -0.15) is 5.10 Å². The van der Waals surface area contributed by atoms with Crippen LogP contribution in [0.15, 0.2) is 28.4 Å². The van der Waals surface area contributed by atoms with Crippen molar-refractivity contribution < 1.29 is 9.59 Å². The molecule has 2 aromatic rings. The van der Waals surface area contributed by atoms with Gasteiger partial charge in [0.25, 0.3) is 5.56 Å². The second-order valence-electron chi connectivity index (χ2n) is 6.29. The Bertz CT molecular complexity index is 872. The zero-order chi connectivity index (χ0) is 18.2. The number of aromatic nitrogens is 2. The first-order valence-corrected chi connectivity index (χ1v) is 8.69. The van der Waals surface area contributed by atoms with Crippen molar-refractivity contribution in [3.05, 3.63) is 33.9 Å². The number of nitrogens with two attached hydrogens (primary N) is 1. The van der Waals surface area contributed by atoms with Crippen LogP contribution in [0.1, 0.15) is 13.8 Å². The molecule has 1 fully saturated rings. The molecule has 0 unspecified atom stereocenters. The highest BCUT2D eigenvalue weighted by atomic mass is 32.1. The third-order valence-electron chi connectivity index (χ3n) is 4.21. The van der Waals surface area contributed by atoms with Gasteiger partial charge >= 0.3 is 0 Å². The average Bonchev–Trinajstić information content (AvgIpc) is 3.08. The number of nitrogens with zero attached hydrogens (tertiary/aromatic N) is 3. The molecule has 9 heteroatoms. The quantitative estimate of drug-likeness (QED) is 0.816. The molecule has 3 rings (SSSR count). The number of anilines is 1. The maximum Gasteiger partial charge on any atom is 0.290 e. The fourth-order valence-electron chi connectivity index (χ4n) is 2.76. The molecule has 1 aliphatic heterocycles. The van der Waals surface area contributed by atoms with Crippen LogP contribution in [0.2, 0.25) is 0 Å². The summed E-state index contributed by atoms with van der Waals surface area (Å²) in [5.74, 6) is -0.573. The van der Waals surface area contributed by atoms with Gasteiger partial charge in [-0.15, -0.1) is 11.3 Å². The number of nitrogens with one attached hydrogen (secondary N) is 1. The number of nitrogen functional groups attached to an aromatic ring is 1. The minimum absolute atomic E-state index is 0.0295. The van der Waals surface area contributed by atoms with Crippen molar-refractivity contribution in [3.8, 4) is 10.6 Å². The molecule has 8 nitrogen and oxygen atoms in total. The summed E-state index contributed by atoms with van der Waals surface area (Å²) in [6.45, 7) is 3.84. The number of hydrogen-bond acceptors (Lipinski definition) is 6. The molecular formula is C16H19N5O3S. The Balaban J connectivity index is 1.91. The van der Waals surface area contributed by atoms with E-state index in [2.05, 4.69) is 10.4 Å². The van der Waals surface area contributed by atoms with E-state index in [0.717, 1.165) is 9.56 Å². The predicted molar refractivity (Wildman–Crippen MR) is 95.0 cm³/mol. The Morgan fingerprint density at radius 1 is 1.44 bits per heavy atom.